The van der Waals surface area contributed by atoms with E-state index in [1.54, 1.807) is 0 Å². The normalized spacial score (nSPS) is 9.95. The molecule has 0 aromatic rings. The van der Waals surface area contributed by atoms with Gasteiger partial charge in [0.1, 0.15) is 0 Å². The van der Waals surface area contributed by atoms with Crippen LogP contribution >= 0.6 is 0 Å². The zero-order chi connectivity index (χ0) is 14.2. The standard InChI is InChI=1S/C17H30O2/c1-2-3-4-5-6-7-8-9-10-11-12-13-14-15-16-17(18)19/h4-16H2,1H3,(H,18,19). The zero-order valence-electron chi connectivity index (χ0n) is 12.5. The van der Waals surface area contributed by atoms with E-state index in [1.807, 2.05) is 6.92 Å². The highest BCUT2D eigenvalue weighted by molar-refractivity contribution is 5.66. The van der Waals surface area contributed by atoms with E-state index in [1.165, 1.54) is 57.8 Å². The van der Waals surface area contributed by atoms with Crippen LogP contribution < -0.4 is 0 Å². The molecule has 0 heterocycles. The van der Waals surface area contributed by atoms with Gasteiger partial charge in [-0.25, -0.2) is 0 Å². The summed E-state index contributed by atoms with van der Waals surface area (Å²) >= 11 is 0. The van der Waals surface area contributed by atoms with E-state index >= 15 is 0 Å². The molecule has 0 rings (SSSR count). The zero-order valence-corrected chi connectivity index (χ0v) is 12.5. The Labute approximate surface area is 119 Å². The molecule has 0 spiro atoms. The summed E-state index contributed by atoms with van der Waals surface area (Å²) in [6, 6.07) is 0. The van der Waals surface area contributed by atoms with E-state index in [0.717, 1.165) is 19.3 Å². The Kier molecular flexibility index (Phi) is 14.3. The van der Waals surface area contributed by atoms with Crippen molar-refractivity contribution in [1.82, 2.24) is 0 Å². The molecule has 1 N–H and O–H groups in total. The van der Waals surface area contributed by atoms with Crippen molar-refractivity contribution >= 4 is 5.97 Å². The number of aliphatic carboxylic acids is 1. The fourth-order valence-corrected chi connectivity index (χ4v) is 2.21. The van der Waals surface area contributed by atoms with Gasteiger partial charge in [0.05, 0.1) is 0 Å². The Balaban J connectivity index is 2.98. The number of hydrogen-bond donors (Lipinski definition) is 1. The SMILES string of the molecule is CC#CCCCCCCCCCCCCCC(=O)O. The van der Waals surface area contributed by atoms with Crippen LogP contribution in [0.3, 0.4) is 0 Å². The highest BCUT2D eigenvalue weighted by Gasteiger charge is 1.96. The van der Waals surface area contributed by atoms with Gasteiger partial charge in [-0.3, -0.25) is 4.79 Å². The average Bonchev–Trinajstić information content (AvgIpc) is 2.39. The third-order valence-electron chi connectivity index (χ3n) is 3.37. The second-order valence-electron chi connectivity index (χ2n) is 5.21. The maximum Gasteiger partial charge on any atom is 0.303 e. The lowest BCUT2D eigenvalue weighted by Crippen LogP contribution is -1.93. The Morgan fingerprint density at radius 3 is 1.63 bits per heavy atom. The lowest BCUT2D eigenvalue weighted by Gasteiger charge is -2.02. The van der Waals surface area contributed by atoms with Gasteiger partial charge >= 0.3 is 5.97 Å². The fraction of sp³-hybridized carbons (Fsp3) is 0.824. The lowest BCUT2D eigenvalue weighted by molar-refractivity contribution is -0.137. The molecule has 0 saturated heterocycles. The summed E-state index contributed by atoms with van der Waals surface area (Å²) in [4.78, 5) is 10.3. The minimum atomic E-state index is -0.662. The molecule has 110 valence electrons. The van der Waals surface area contributed by atoms with Gasteiger partial charge in [-0.15, -0.1) is 11.8 Å². The first-order valence-corrected chi connectivity index (χ1v) is 7.88. The molecule has 19 heavy (non-hydrogen) atoms. The molecule has 0 aliphatic carbocycles. The quantitative estimate of drug-likeness (QED) is 0.369. The molecule has 0 saturated carbocycles. The molecule has 2 heteroatoms. The van der Waals surface area contributed by atoms with Crippen LogP contribution in [0, 0.1) is 11.8 Å². The van der Waals surface area contributed by atoms with Crippen LogP contribution in [0.1, 0.15) is 90.4 Å². The average molecular weight is 266 g/mol. The first-order valence-electron chi connectivity index (χ1n) is 7.88. The van der Waals surface area contributed by atoms with Crippen molar-refractivity contribution in [2.75, 3.05) is 0 Å². The van der Waals surface area contributed by atoms with E-state index in [-0.39, 0.29) is 0 Å². The Morgan fingerprint density at radius 2 is 1.21 bits per heavy atom. The predicted molar refractivity (Wildman–Crippen MR) is 81.1 cm³/mol. The predicted octanol–water partition coefficient (Wildman–Crippen LogP) is 5.17. The van der Waals surface area contributed by atoms with Gasteiger partial charge in [0.2, 0.25) is 0 Å². The van der Waals surface area contributed by atoms with Crippen molar-refractivity contribution in [1.29, 1.82) is 0 Å². The maximum atomic E-state index is 10.3. The summed E-state index contributed by atoms with van der Waals surface area (Å²) in [6.07, 6.45) is 15.1. The summed E-state index contributed by atoms with van der Waals surface area (Å²) in [5, 5.41) is 8.50. The molecule has 0 fully saturated rings. The van der Waals surface area contributed by atoms with E-state index < -0.39 is 5.97 Å². The van der Waals surface area contributed by atoms with Gasteiger partial charge in [-0.2, -0.15) is 0 Å². The van der Waals surface area contributed by atoms with Crippen LogP contribution in [0.5, 0.6) is 0 Å². The lowest BCUT2D eigenvalue weighted by atomic mass is 10.0. The van der Waals surface area contributed by atoms with E-state index in [9.17, 15) is 4.79 Å². The van der Waals surface area contributed by atoms with Gasteiger partial charge < -0.3 is 5.11 Å². The molecule has 0 radical (unpaired) electrons. The number of carboxylic acid groups (broad SMARTS) is 1. The van der Waals surface area contributed by atoms with Crippen LogP contribution in [0.25, 0.3) is 0 Å². The van der Waals surface area contributed by atoms with Gasteiger partial charge in [0.15, 0.2) is 0 Å². The smallest absolute Gasteiger partial charge is 0.303 e. The number of unbranched alkanes of at least 4 members (excludes halogenated alkanes) is 11. The summed E-state index contributed by atoms with van der Waals surface area (Å²) in [6.45, 7) is 1.90. The van der Waals surface area contributed by atoms with Gasteiger partial charge in [-0.1, -0.05) is 57.8 Å². The van der Waals surface area contributed by atoms with Crippen molar-refractivity contribution in [2.24, 2.45) is 0 Å². The Bertz CT molecular complexity index is 260. The van der Waals surface area contributed by atoms with Gasteiger partial charge in [-0.05, 0) is 19.8 Å². The van der Waals surface area contributed by atoms with E-state index in [2.05, 4.69) is 11.8 Å². The van der Waals surface area contributed by atoms with Crippen molar-refractivity contribution in [3.05, 3.63) is 0 Å². The van der Waals surface area contributed by atoms with Crippen molar-refractivity contribution < 1.29 is 9.90 Å². The number of carbonyl (C=O) groups is 1. The summed E-state index contributed by atoms with van der Waals surface area (Å²) in [5.41, 5.74) is 0. The second kappa shape index (κ2) is 15.1. The molecule has 0 aromatic carbocycles. The molecule has 0 aromatic heterocycles. The van der Waals surface area contributed by atoms with E-state index in [0.29, 0.717) is 6.42 Å². The summed E-state index contributed by atoms with van der Waals surface area (Å²) in [5.74, 6) is 5.37. The highest BCUT2D eigenvalue weighted by atomic mass is 16.4. The van der Waals surface area contributed by atoms with Gasteiger partial charge in [0.25, 0.3) is 0 Å². The molecule has 0 atom stereocenters. The van der Waals surface area contributed by atoms with Gasteiger partial charge in [0, 0.05) is 12.8 Å². The number of rotatable bonds is 13. The first kappa shape index (κ1) is 18.0. The second-order valence-corrected chi connectivity index (χ2v) is 5.21. The van der Waals surface area contributed by atoms with Crippen molar-refractivity contribution in [3.63, 3.8) is 0 Å². The van der Waals surface area contributed by atoms with Crippen molar-refractivity contribution in [2.45, 2.75) is 90.4 Å². The minimum Gasteiger partial charge on any atom is -0.481 e. The van der Waals surface area contributed by atoms with Crippen molar-refractivity contribution in [3.8, 4) is 11.8 Å². The molecule has 0 bridgehead atoms. The number of hydrogen-bond acceptors (Lipinski definition) is 1. The minimum absolute atomic E-state index is 0.336. The highest BCUT2D eigenvalue weighted by Crippen LogP contribution is 2.12. The van der Waals surface area contributed by atoms with E-state index in [4.69, 9.17) is 5.11 Å². The van der Waals surface area contributed by atoms with Crippen LogP contribution in [0.15, 0.2) is 0 Å². The Hall–Kier alpha value is -0.970. The first-order chi connectivity index (χ1) is 9.27. The molecule has 0 unspecified atom stereocenters. The monoisotopic (exact) mass is 266 g/mol. The van der Waals surface area contributed by atoms with Crippen LogP contribution in [-0.4, -0.2) is 11.1 Å². The largest absolute Gasteiger partial charge is 0.481 e. The molecule has 0 aliphatic heterocycles. The molecule has 2 nitrogen and oxygen atoms in total. The molecular weight excluding hydrogens is 236 g/mol. The third kappa shape index (κ3) is 17.0. The summed E-state index contributed by atoms with van der Waals surface area (Å²) in [7, 11) is 0. The third-order valence-corrected chi connectivity index (χ3v) is 3.37. The topological polar surface area (TPSA) is 37.3 Å². The maximum absolute atomic E-state index is 10.3. The number of carboxylic acids is 1. The van der Waals surface area contributed by atoms with Crippen LogP contribution in [-0.2, 0) is 4.79 Å². The Morgan fingerprint density at radius 1 is 0.789 bits per heavy atom. The molecule has 0 amide bonds. The summed E-state index contributed by atoms with van der Waals surface area (Å²) < 4.78 is 0. The van der Waals surface area contributed by atoms with Crippen LogP contribution in [0.2, 0.25) is 0 Å². The fourth-order valence-electron chi connectivity index (χ4n) is 2.21. The van der Waals surface area contributed by atoms with Crippen LogP contribution in [0.4, 0.5) is 0 Å². The molecule has 0 aliphatic rings. The molecular formula is C17H30O2.